The molecule has 0 unspecified atom stereocenters. The topological polar surface area (TPSA) is 89.0 Å². The number of nitrogens with zero attached hydrogens (tertiary/aromatic N) is 3. The molecule has 0 atom stereocenters. The molecule has 0 aliphatic rings. The van der Waals surface area contributed by atoms with Crippen LogP contribution in [0.2, 0.25) is 0 Å². The standard InChI is InChI=1S/C21H23N5O2/c1-5-28-20(27)16-8-6-7-9-17(16)23-21-25-18(12-22-26-21)24-19-14(3)10-13(2)11-15(19)4/h6-12H,5H2,1-4H3,(H2,23,24,25,26). The zero-order valence-electron chi connectivity index (χ0n) is 16.4. The maximum atomic E-state index is 12.1. The number of benzene rings is 2. The minimum atomic E-state index is -0.404. The van der Waals surface area contributed by atoms with Gasteiger partial charge in [-0.05, 0) is 51.0 Å². The molecule has 2 N–H and O–H groups in total. The van der Waals surface area contributed by atoms with Crippen LogP contribution in [0.1, 0.15) is 34.0 Å². The number of aromatic nitrogens is 3. The number of rotatable bonds is 6. The molecule has 0 saturated carbocycles. The Morgan fingerprint density at radius 2 is 1.79 bits per heavy atom. The number of ether oxygens (including phenoxy) is 1. The molecule has 0 saturated heterocycles. The monoisotopic (exact) mass is 377 g/mol. The van der Waals surface area contributed by atoms with Gasteiger partial charge in [-0.15, -0.1) is 5.10 Å². The molecule has 144 valence electrons. The molecule has 0 amide bonds. The molecule has 3 aromatic rings. The summed E-state index contributed by atoms with van der Waals surface area (Å²) in [5.74, 6) is 0.434. The summed E-state index contributed by atoms with van der Waals surface area (Å²) < 4.78 is 5.10. The molecule has 7 nitrogen and oxygen atoms in total. The molecule has 0 bridgehead atoms. The van der Waals surface area contributed by atoms with E-state index in [-0.39, 0.29) is 5.95 Å². The molecule has 28 heavy (non-hydrogen) atoms. The van der Waals surface area contributed by atoms with Gasteiger partial charge in [-0.25, -0.2) is 4.79 Å². The predicted octanol–water partition coefficient (Wildman–Crippen LogP) is 4.46. The number of hydrogen-bond acceptors (Lipinski definition) is 7. The van der Waals surface area contributed by atoms with Gasteiger partial charge in [0.25, 0.3) is 0 Å². The molecule has 1 heterocycles. The first kappa shape index (κ1) is 19.3. The normalized spacial score (nSPS) is 10.4. The van der Waals surface area contributed by atoms with Crippen molar-refractivity contribution >= 4 is 29.1 Å². The number of aryl methyl sites for hydroxylation is 3. The van der Waals surface area contributed by atoms with E-state index in [1.807, 2.05) is 19.9 Å². The summed E-state index contributed by atoms with van der Waals surface area (Å²) in [5, 5.41) is 14.4. The Morgan fingerprint density at radius 1 is 1.07 bits per heavy atom. The van der Waals surface area contributed by atoms with Crippen molar-refractivity contribution in [2.45, 2.75) is 27.7 Å². The number of esters is 1. The lowest BCUT2D eigenvalue weighted by atomic mass is 10.1. The third-order valence-corrected chi connectivity index (χ3v) is 4.16. The number of nitrogens with one attached hydrogen (secondary N) is 2. The van der Waals surface area contributed by atoms with Crippen LogP contribution in [-0.4, -0.2) is 27.8 Å². The second-order valence-electron chi connectivity index (χ2n) is 6.45. The highest BCUT2D eigenvalue weighted by Crippen LogP contribution is 2.25. The summed E-state index contributed by atoms with van der Waals surface area (Å²) >= 11 is 0. The van der Waals surface area contributed by atoms with Gasteiger partial charge in [0.05, 0.1) is 24.1 Å². The van der Waals surface area contributed by atoms with E-state index >= 15 is 0 Å². The summed E-state index contributed by atoms with van der Waals surface area (Å²) in [4.78, 5) is 16.6. The lowest BCUT2D eigenvalue weighted by molar-refractivity contribution is 0.0527. The SMILES string of the molecule is CCOC(=O)c1ccccc1Nc1nncc(Nc2c(C)cc(C)cc2C)n1. The van der Waals surface area contributed by atoms with E-state index < -0.39 is 5.97 Å². The summed E-state index contributed by atoms with van der Waals surface area (Å²) in [6.07, 6.45) is 1.56. The molecule has 7 heteroatoms. The lowest BCUT2D eigenvalue weighted by Crippen LogP contribution is -2.09. The molecule has 2 aromatic carbocycles. The Labute approximate surface area is 164 Å². The van der Waals surface area contributed by atoms with Gasteiger partial charge >= 0.3 is 5.97 Å². The van der Waals surface area contributed by atoms with Crippen LogP contribution in [0.5, 0.6) is 0 Å². The molecule has 3 rings (SSSR count). The highest BCUT2D eigenvalue weighted by atomic mass is 16.5. The number of para-hydroxylation sites is 1. The van der Waals surface area contributed by atoms with Crippen molar-refractivity contribution in [3.05, 3.63) is 64.8 Å². The maximum Gasteiger partial charge on any atom is 0.340 e. The third kappa shape index (κ3) is 4.43. The molecular formula is C21H23N5O2. The molecular weight excluding hydrogens is 354 g/mol. The van der Waals surface area contributed by atoms with Gasteiger partial charge in [0.15, 0.2) is 5.82 Å². The Bertz CT molecular complexity index is 981. The Balaban J connectivity index is 1.85. The van der Waals surface area contributed by atoms with Crippen LogP contribution in [0.4, 0.5) is 23.1 Å². The summed E-state index contributed by atoms with van der Waals surface area (Å²) in [7, 11) is 0. The summed E-state index contributed by atoms with van der Waals surface area (Å²) in [6, 6.07) is 11.3. The van der Waals surface area contributed by atoms with E-state index in [4.69, 9.17) is 4.74 Å². The van der Waals surface area contributed by atoms with Crippen LogP contribution in [0, 0.1) is 20.8 Å². The largest absolute Gasteiger partial charge is 0.462 e. The van der Waals surface area contributed by atoms with Crippen molar-refractivity contribution in [1.29, 1.82) is 0 Å². The van der Waals surface area contributed by atoms with Crippen molar-refractivity contribution in [3.8, 4) is 0 Å². The number of carbonyl (C=O) groups excluding carboxylic acids is 1. The molecule has 0 fully saturated rings. The fraction of sp³-hybridized carbons (Fsp3) is 0.238. The lowest BCUT2D eigenvalue weighted by Gasteiger charge is -2.14. The minimum absolute atomic E-state index is 0.282. The van der Waals surface area contributed by atoms with E-state index in [9.17, 15) is 4.79 Å². The molecule has 0 spiro atoms. The van der Waals surface area contributed by atoms with Gasteiger partial charge in [-0.2, -0.15) is 10.1 Å². The fourth-order valence-corrected chi connectivity index (χ4v) is 3.02. The molecule has 0 radical (unpaired) electrons. The van der Waals surface area contributed by atoms with Gasteiger partial charge < -0.3 is 15.4 Å². The second kappa shape index (κ2) is 8.47. The van der Waals surface area contributed by atoms with E-state index in [1.165, 1.54) is 5.56 Å². The Hall–Kier alpha value is -3.48. The number of carbonyl (C=O) groups is 1. The van der Waals surface area contributed by atoms with Gasteiger partial charge in [0.2, 0.25) is 5.95 Å². The van der Waals surface area contributed by atoms with Crippen LogP contribution in [0.3, 0.4) is 0 Å². The number of hydrogen-bond donors (Lipinski definition) is 2. The van der Waals surface area contributed by atoms with E-state index in [2.05, 4.69) is 44.9 Å². The van der Waals surface area contributed by atoms with E-state index in [0.29, 0.717) is 23.7 Å². The van der Waals surface area contributed by atoms with Crippen molar-refractivity contribution in [2.75, 3.05) is 17.2 Å². The maximum absolute atomic E-state index is 12.1. The zero-order chi connectivity index (χ0) is 20.1. The first-order valence-electron chi connectivity index (χ1n) is 9.05. The minimum Gasteiger partial charge on any atom is -0.462 e. The first-order chi connectivity index (χ1) is 13.5. The van der Waals surface area contributed by atoms with Crippen LogP contribution >= 0.6 is 0 Å². The molecule has 0 aliphatic heterocycles. The van der Waals surface area contributed by atoms with E-state index in [1.54, 1.807) is 31.3 Å². The second-order valence-corrected chi connectivity index (χ2v) is 6.45. The third-order valence-electron chi connectivity index (χ3n) is 4.16. The molecule has 0 aliphatic carbocycles. The Morgan fingerprint density at radius 3 is 2.50 bits per heavy atom. The highest BCUT2D eigenvalue weighted by molar-refractivity contribution is 5.96. The number of anilines is 4. The predicted molar refractivity (Wildman–Crippen MR) is 109 cm³/mol. The Kier molecular flexibility index (Phi) is 5.84. The smallest absolute Gasteiger partial charge is 0.340 e. The van der Waals surface area contributed by atoms with Crippen LogP contribution in [-0.2, 0) is 4.74 Å². The van der Waals surface area contributed by atoms with Gasteiger partial charge in [0.1, 0.15) is 0 Å². The van der Waals surface area contributed by atoms with Crippen LogP contribution in [0.15, 0.2) is 42.6 Å². The average Bonchev–Trinajstić information content (AvgIpc) is 2.65. The first-order valence-corrected chi connectivity index (χ1v) is 9.05. The van der Waals surface area contributed by atoms with Gasteiger partial charge in [-0.1, -0.05) is 29.8 Å². The summed E-state index contributed by atoms with van der Waals surface area (Å²) in [6.45, 7) is 8.24. The van der Waals surface area contributed by atoms with Gasteiger partial charge in [-0.3, -0.25) is 0 Å². The quantitative estimate of drug-likeness (QED) is 0.613. The van der Waals surface area contributed by atoms with Gasteiger partial charge in [0, 0.05) is 5.69 Å². The summed E-state index contributed by atoms with van der Waals surface area (Å²) in [5.41, 5.74) is 5.42. The highest BCUT2D eigenvalue weighted by Gasteiger charge is 2.13. The van der Waals surface area contributed by atoms with Crippen molar-refractivity contribution in [2.24, 2.45) is 0 Å². The molecule has 1 aromatic heterocycles. The van der Waals surface area contributed by atoms with Crippen molar-refractivity contribution < 1.29 is 9.53 Å². The van der Waals surface area contributed by atoms with Crippen LogP contribution < -0.4 is 10.6 Å². The van der Waals surface area contributed by atoms with Crippen LogP contribution in [0.25, 0.3) is 0 Å². The zero-order valence-corrected chi connectivity index (χ0v) is 16.4. The fourth-order valence-electron chi connectivity index (χ4n) is 3.02. The van der Waals surface area contributed by atoms with Crippen molar-refractivity contribution in [3.63, 3.8) is 0 Å². The average molecular weight is 377 g/mol. The van der Waals surface area contributed by atoms with E-state index in [0.717, 1.165) is 16.8 Å². The van der Waals surface area contributed by atoms with Crippen molar-refractivity contribution in [1.82, 2.24) is 15.2 Å².